The van der Waals surface area contributed by atoms with E-state index in [-0.39, 0.29) is 12.2 Å². The number of aliphatic hydroxyl groups excluding tert-OH is 1. The van der Waals surface area contributed by atoms with E-state index in [4.69, 9.17) is 9.84 Å². The predicted octanol–water partition coefficient (Wildman–Crippen LogP) is -1.03. The van der Waals surface area contributed by atoms with Crippen LogP contribution in [0.25, 0.3) is 0 Å². The second-order valence-corrected chi connectivity index (χ2v) is 2.00. The number of rotatable bonds is 1. The van der Waals surface area contributed by atoms with Crippen LogP contribution >= 0.6 is 0 Å². The lowest BCUT2D eigenvalue weighted by Crippen LogP contribution is -2.25. The average Bonchev–Trinajstić information content (AvgIpc) is 2.14. The van der Waals surface area contributed by atoms with E-state index in [0.29, 0.717) is 6.54 Å². The largest absolute Gasteiger partial charge is 0.389 e. The van der Waals surface area contributed by atoms with Crippen LogP contribution in [-0.2, 0) is 4.74 Å². The minimum atomic E-state index is -0.306. The third-order valence-electron chi connectivity index (χ3n) is 1.43. The first-order valence-corrected chi connectivity index (χ1v) is 2.76. The SMILES string of the molecule is CO[C@H]1CNC[C@@H]1O. The molecule has 0 aromatic heterocycles. The maximum Gasteiger partial charge on any atom is 0.0966 e. The lowest BCUT2D eigenvalue weighted by molar-refractivity contribution is 0.0217. The van der Waals surface area contributed by atoms with Gasteiger partial charge in [0.05, 0.1) is 12.2 Å². The Hall–Kier alpha value is -0.120. The van der Waals surface area contributed by atoms with Crippen molar-refractivity contribution in [2.75, 3.05) is 20.2 Å². The number of aliphatic hydroxyl groups is 1. The second kappa shape index (κ2) is 2.44. The van der Waals surface area contributed by atoms with Crippen molar-refractivity contribution in [3.05, 3.63) is 0 Å². The smallest absolute Gasteiger partial charge is 0.0966 e. The monoisotopic (exact) mass is 117 g/mol. The first kappa shape index (κ1) is 6.01. The van der Waals surface area contributed by atoms with Crippen LogP contribution in [0.1, 0.15) is 0 Å². The fourth-order valence-corrected chi connectivity index (χ4v) is 0.881. The molecule has 8 heavy (non-hydrogen) atoms. The summed E-state index contributed by atoms with van der Waals surface area (Å²) in [5.74, 6) is 0. The number of hydrogen-bond acceptors (Lipinski definition) is 3. The van der Waals surface area contributed by atoms with E-state index in [1.807, 2.05) is 0 Å². The zero-order valence-corrected chi connectivity index (χ0v) is 4.92. The van der Waals surface area contributed by atoms with Gasteiger partial charge in [-0.3, -0.25) is 0 Å². The molecule has 0 bridgehead atoms. The van der Waals surface area contributed by atoms with Gasteiger partial charge < -0.3 is 15.2 Å². The molecule has 3 heteroatoms. The summed E-state index contributed by atoms with van der Waals surface area (Å²) in [5, 5.41) is 12.0. The molecular formula is C5H11NO2. The highest BCUT2D eigenvalue weighted by molar-refractivity contribution is 4.80. The summed E-state index contributed by atoms with van der Waals surface area (Å²) in [6.07, 6.45) is -0.296. The standard InChI is InChI=1S/C5H11NO2/c1-8-5-3-6-2-4(5)7/h4-7H,2-3H2,1H3/t4-,5-/m0/s1. The molecular weight excluding hydrogens is 106 g/mol. The Morgan fingerprint density at radius 3 is 2.62 bits per heavy atom. The van der Waals surface area contributed by atoms with E-state index < -0.39 is 0 Å². The Bertz CT molecular complexity index is 76.8. The van der Waals surface area contributed by atoms with Gasteiger partial charge in [-0.2, -0.15) is 0 Å². The minimum absolute atomic E-state index is 0.00926. The second-order valence-electron chi connectivity index (χ2n) is 2.00. The Kier molecular flexibility index (Phi) is 1.83. The summed E-state index contributed by atoms with van der Waals surface area (Å²) in [5.41, 5.74) is 0. The molecule has 0 amide bonds. The van der Waals surface area contributed by atoms with Gasteiger partial charge in [0, 0.05) is 20.2 Å². The van der Waals surface area contributed by atoms with Gasteiger partial charge >= 0.3 is 0 Å². The molecule has 0 aliphatic carbocycles. The van der Waals surface area contributed by atoms with E-state index in [1.165, 1.54) is 0 Å². The summed E-state index contributed by atoms with van der Waals surface area (Å²) in [6, 6.07) is 0. The Morgan fingerprint density at radius 1 is 1.62 bits per heavy atom. The Balaban J connectivity index is 2.30. The van der Waals surface area contributed by atoms with E-state index in [1.54, 1.807) is 7.11 Å². The van der Waals surface area contributed by atoms with Gasteiger partial charge in [-0.05, 0) is 0 Å². The van der Waals surface area contributed by atoms with Crippen molar-refractivity contribution in [1.29, 1.82) is 0 Å². The van der Waals surface area contributed by atoms with Gasteiger partial charge in [-0.1, -0.05) is 0 Å². The molecule has 1 aliphatic heterocycles. The molecule has 1 saturated heterocycles. The molecule has 2 N–H and O–H groups in total. The summed E-state index contributed by atoms with van der Waals surface area (Å²) in [6.45, 7) is 1.44. The molecule has 0 saturated carbocycles. The first-order valence-electron chi connectivity index (χ1n) is 2.76. The molecule has 3 nitrogen and oxygen atoms in total. The van der Waals surface area contributed by atoms with Crippen molar-refractivity contribution in [3.63, 3.8) is 0 Å². The van der Waals surface area contributed by atoms with Crippen LogP contribution in [-0.4, -0.2) is 37.5 Å². The van der Waals surface area contributed by atoms with Gasteiger partial charge in [-0.15, -0.1) is 0 Å². The normalized spacial score (nSPS) is 38.2. The topological polar surface area (TPSA) is 41.5 Å². The van der Waals surface area contributed by atoms with Crippen LogP contribution in [0.3, 0.4) is 0 Å². The molecule has 0 spiro atoms. The van der Waals surface area contributed by atoms with Crippen molar-refractivity contribution >= 4 is 0 Å². The molecule has 0 aromatic carbocycles. The molecule has 1 rings (SSSR count). The summed E-state index contributed by atoms with van der Waals surface area (Å²) in [4.78, 5) is 0. The van der Waals surface area contributed by atoms with Crippen molar-refractivity contribution in [1.82, 2.24) is 5.32 Å². The Morgan fingerprint density at radius 2 is 2.38 bits per heavy atom. The van der Waals surface area contributed by atoms with Crippen LogP contribution in [0, 0.1) is 0 Å². The summed E-state index contributed by atoms with van der Waals surface area (Å²) < 4.78 is 4.91. The summed E-state index contributed by atoms with van der Waals surface area (Å²) >= 11 is 0. The van der Waals surface area contributed by atoms with Crippen molar-refractivity contribution < 1.29 is 9.84 Å². The molecule has 1 fully saturated rings. The molecule has 1 aliphatic rings. The average molecular weight is 117 g/mol. The number of nitrogens with one attached hydrogen (secondary N) is 1. The number of β-amino-alcohol motifs (C(OH)–C–C–N with tert-alkyl or cyclic N) is 1. The quantitative estimate of drug-likeness (QED) is 0.461. The first-order chi connectivity index (χ1) is 3.84. The molecule has 2 atom stereocenters. The zero-order valence-electron chi connectivity index (χ0n) is 4.92. The van der Waals surface area contributed by atoms with Crippen LogP contribution in [0.4, 0.5) is 0 Å². The molecule has 0 radical (unpaired) electrons. The van der Waals surface area contributed by atoms with Gasteiger partial charge in [0.1, 0.15) is 0 Å². The van der Waals surface area contributed by atoms with Crippen LogP contribution in [0.5, 0.6) is 0 Å². The maximum atomic E-state index is 9.00. The molecule has 0 unspecified atom stereocenters. The van der Waals surface area contributed by atoms with Gasteiger partial charge in [-0.25, -0.2) is 0 Å². The lowest BCUT2D eigenvalue weighted by atomic mass is 10.3. The van der Waals surface area contributed by atoms with E-state index in [0.717, 1.165) is 6.54 Å². The summed E-state index contributed by atoms with van der Waals surface area (Å²) in [7, 11) is 1.61. The van der Waals surface area contributed by atoms with Gasteiger partial charge in [0.2, 0.25) is 0 Å². The van der Waals surface area contributed by atoms with Crippen molar-refractivity contribution in [3.8, 4) is 0 Å². The maximum absolute atomic E-state index is 9.00. The lowest BCUT2D eigenvalue weighted by Gasteiger charge is -2.08. The Labute approximate surface area is 48.7 Å². The highest BCUT2D eigenvalue weighted by Gasteiger charge is 2.23. The van der Waals surface area contributed by atoms with Gasteiger partial charge in [0.25, 0.3) is 0 Å². The van der Waals surface area contributed by atoms with E-state index in [2.05, 4.69) is 5.32 Å². The van der Waals surface area contributed by atoms with E-state index >= 15 is 0 Å². The van der Waals surface area contributed by atoms with E-state index in [9.17, 15) is 0 Å². The third-order valence-corrected chi connectivity index (χ3v) is 1.43. The van der Waals surface area contributed by atoms with Crippen molar-refractivity contribution in [2.24, 2.45) is 0 Å². The molecule has 0 aromatic rings. The van der Waals surface area contributed by atoms with Gasteiger partial charge in [0.15, 0.2) is 0 Å². The van der Waals surface area contributed by atoms with Crippen LogP contribution < -0.4 is 5.32 Å². The highest BCUT2D eigenvalue weighted by atomic mass is 16.5. The van der Waals surface area contributed by atoms with Crippen LogP contribution in [0.15, 0.2) is 0 Å². The number of methoxy groups -OCH3 is 1. The molecule has 1 heterocycles. The zero-order chi connectivity index (χ0) is 5.98. The fourth-order valence-electron chi connectivity index (χ4n) is 0.881. The molecule has 48 valence electrons. The number of hydrogen-bond donors (Lipinski definition) is 2. The fraction of sp³-hybridized carbons (Fsp3) is 1.00. The third kappa shape index (κ3) is 0.992. The predicted molar refractivity (Wildman–Crippen MR) is 29.7 cm³/mol. The van der Waals surface area contributed by atoms with Crippen LogP contribution in [0.2, 0.25) is 0 Å². The highest BCUT2D eigenvalue weighted by Crippen LogP contribution is 2.01. The minimum Gasteiger partial charge on any atom is -0.389 e. The van der Waals surface area contributed by atoms with Crippen molar-refractivity contribution in [2.45, 2.75) is 12.2 Å². The number of ether oxygens (including phenoxy) is 1.